The lowest BCUT2D eigenvalue weighted by Gasteiger charge is -2.13. The lowest BCUT2D eigenvalue weighted by atomic mass is 10.0. The molecule has 20 heavy (non-hydrogen) atoms. The molecule has 0 saturated heterocycles. The molecule has 0 bridgehead atoms. The first kappa shape index (κ1) is 12.9. The fraction of sp³-hybridized carbons (Fsp3) is 0.500. The van der Waals surface area contributed by atoms with Gasteiger partial charge in [0.05, 0.1) is 17.7 Å². The van der Waals surface area contributed by atoms with Gasteiger partial charge in [-0.25, -0.2) is 4.79 Å². The van der Waals surface area contributed by atoms with Crippen LogP contribution in [0, 0.1) is 5.92 Å². The summed E-state index contributed by atoms with van der Waals surface area (Å²) in [6.07, 6.45) is 1.69. The first-order chi connectivity index (χ1) is 9.63. The average Bonchev–Trinajstić information content (AvgIpc) is 3.16. The number of nitrogens with one attached hydrogen (secondary N) is 1. The monoisotopic (exact) mass is 276 g/mol. The van der Waals surface area contributed by atoms with E-state index in [2.05, 4.69) is 5.32 Å². The summed E-state index contributed by atoms with van der Waals surface area (Å²) in [7, 11) is 0. The smallest absolute Gasteiger partial charge is 0.339 e. The molecule has 2 heterocycles. The zero-order valence-electron chi connectivity index (χ0n) is 11.3. The Morgan fingerprint density at radius 2 is 2.20 bits per heavy atom. The molecule has 1 aromatic heterocycles. The number of ether oxygens (including phenoxy) is 1. The quantitative estimate of drug-likeness (QED) is 0.657. The Morgan fingerprint density at radius 3 is 2.85 bits per heavy atom. The van der Waals surface area contributed by atoms with E-state index in [1.54, 1.807) is 6.92 Å². The first-order valence-corrected chi connectivity index (χ1v) is 6.86. The van der Waals surface area contributed by atoms with Gasteiger partial charge in [-0.05, 0) is 19.8 Å². The van der Waals surface area contributed by atoms with Gasteiger partial charge in [0, 0.05) is 25.1 Å². The van der Waals surface area contributed by atoms with Crippen LogP contribution in [-0.2, 0) is 11.3 Å². The van der Waals surface area contributed by atoms with Crippen LogP contribution in [0.3, 0.4) is 0 Å². The Bertz CT molecular complexity index is 643. The molecule has 3 rings (SSSR count). The first-order valence-electron chi connectivity index (χ1n) is 6.86. The van der Waals surface area contributed by atoms with Crippen LogP contribution in [0.2, 0.25) is 0 Å². The van der Waals surface area contributed by atoms with Crippen LogP contribution in [-0.4, -0.2) is 29.5 Å². The number of esters is 1. The van der Waals surface area contributed by atoms with Crippen molar-refractivity contribution >= 4 is 17.6 Å². The van der Waals surface area contributed by atoms with Gasteiger partial charge < -0.3 is 10.1 Å². The molecular weight excluding hydrogens is 260 g/mol. The van der Waals surface area contributed by atoms with E-state index in [4.69, 9.17) is 4.74 Å². The number of anilines is 1. The van der Waals surface area contributed by atoms with Crippen molar-refractivity contribution in [1.29, 1.82) is 0 Å². The molecule has 0 unspecified atom stereocenters. The van der Waals surface area contributed by atoms with E-state index in [-0.39, 0.29) is 29.4 Å². The SMILES string of the molecule is CCOC(=O)c1cc(=O)n2c(c1C(=O)C1CC1)NCC2. The van der Waals surface area contributed by atoms with Gasteiger partial charge in [0.1, 0.15) is 5.82 Å². The molecule has 0 radical (unpaired) electrons. The highest BCUT2D eigenvalue weighted by Gasteiger charge is 2.36. The number of rotatable bonds is 4. The van der Waals surface area contributed by atoms with Crippen molar-refractivity contribution in [2.24, 2.45) is 5.92 Å². The number of hydrogen-bond donors (Lipinski definition) is 1. The van der Waals surface area contributed by atoms with Crippen molar-refractivity contribution in [2.75, 3.05) is 18.5 Å². The van der Waals surface area contributed by atoms with Gasteiger partial charge in [-0.15, -0.1) is 0 Å². The summed E-state index contributed by atoms with van der Waals surface area (Å²) in [6, 6.07) is 1.23. The van der Waals surface area contributed by atoms with Gasteiger partial charge in [-0.1, -0.05) is 0 Å². The van der Waals surface area contributed by atoms with E-state index >= 15 is 0 Å². The summed E-state index contributed by atoms with van der Waals surface area (Å²) in [6.45, 7) is 3.01. The number of carbonyl (C=O) groups excluding carboxylic acids is 2. The van der Waals surface area contributed by atoms with Crippen LogP contribution in [0.15, 0.2) is 10.9 Å². The lowest BCUT2D eigenvalue weighted by Crippen LogP contribution is -2.24. The topological polar surface area (TPSA) is 77.4 Å². The standard InChI is InChI=1S/C14H16N2O4/c1-2-20-14(19)9-7-10(17)16-6-5-15-13(16)11(9)12(18)8-3-4-8/h7-8,15H,2-6H2,1H3. The van der Waals surface area contributed by atoms with Crippen molar-refractivity contribution in [1.82, 2.24) is 4.57 Å². The fourth-order valence-corrected chi connectivity index (χ4v) is 2.51. The van der Waals surface area contributed by atoms with Crippen molar-refractivity contribution in [2.45, 2.75) is 26.3 Å². The second-order valence-electron chi connectivity index (χ2n) is 5.06. The Kier molecular flexibility index (Phi) is 3.08. The molecule has 2 aliphatic rings. The molecule has 0 atom stereocenters. The van der Waals surface area contributed by atoms with Crippen molar-refractivity contribution < 1.29 is 14.3 Å². The zero-order valence-corrected chi connectivity index (χ0v) is 11.3. The third-order valence-electron chi connectivity index (χ3n) is 3.63. The van der Waals surface area contributed by atoms with Crippen LogP contribution in [0.5, 0.6) is 0 Å². The number of aromatic nitrogens is 1. The maximum Gasteiger partial charge on any atom is 0.339 e. The van der Waals surface area contributed by atoms with Crippen molar-refractivity contribution in [3.63, 3.8) is 0 Å². The number of nitrogens with zero attached hydrogens (tertiary/aromatic N) is 1. The summed E-state index contributed by atoms with van der Waals surface area (Å²) >= 11 is 0. The van der Waals surface area contributed by atoms with Gasteiger partial charge in [0.25, 0.3) is 5.56 Å². The minimum atomic E-state index is -0.606. The highest BCUT2D eigenvalue weighted by molar-refractivity contribution is 6.11. The van der Waals surface area contributed by atoms with E-state index in [0.717, 1.165) is 12.8 Å². The number of hydrogen-bond acceptors (Lipinski definition) is 5. The van der Waals surface area contributed by atoms with Crippen LogP contribution in [0.1, 0.15) is 40.5 Å². The molecule has 0 amide bonds. The second-order valence-corrected chi connectivity index (χ2v) is 5.06. The van der Waals surface area contributed by atoms with E-state index in [1.165, 1.54) is 10.6 Å². The third kappa shape index (κ3) is 2.01. The van der Waals surface area contributed by atoms with E-state index in [1.807, 2.05) is 0 Å². The number of ketones is 1. The Hall–Kier alpha value is -2.11. The molecule has 1 saturated carbocycles. The van der Waals surface area contributed by atoms with Crippen LogP contribution < -0.4 is 10.9 Å². The lowest BCUT2D eigenvalue weighted by molar-refractivity contribution is 0.0522. The molecule has 1 fully saturated rings. The van der Waals surface area contributed by atoms with Crippen LogP contribution >= 0.6 is 0 Å². The highest BCUT2D eigenvalue weighted by atomic mass is 16.5. The minimum Gasteiger partial charge on any atom is -0.462 e. The van der Waals surface area contributed by atoms with Gasteiger partial charge in [-0.2, -0.15) is 0 Å². The minimum absolute atomic E-state index is 0.0206. The fourth-order valence-electron chi connectivity index (χ4n) is 2.51. The summed E-state index contributed by atoms with van der Waals surface area (Å²) in [5.41, 5.74) is 0.137. The molecule has 6 nitrogen and oxygen atoms in total. The summed E-state index contributed by atoms with van der Waals surface area (Å²) in [5.74, 6) is -0.220. The number of Topliss-reactive ketones (excluding diaryl/α,β-unsaturated/α-hetero) is 1. The second kappa shape index (κ2) is 4.77. The van der Waals surface area contributed by atoms with Crippen LogP contribution in [0.4, 0.5) is 5.82 Å². The molecule has 1 aromatic rings. The number of fused-ring (bicyclic) bond motifs is 1. The van der Waals surface area contributed by atoms with Crippen molar-refractivity contribution in [3.05, 3.63) is 27.5 Å². The molecule has 1 aliphatic carbocycles. The normalized spacial score (nSPS) is 16.4. The van der Waals surface area contributed by atoms with Gasteiger partial charge >= 0.3 is 5.97 Å². The molecule has 0 spiro atoms. The van der Waals surface area contributed by atoms with E-state index in [0.29, 0.717) is 24.5 Å². The van der Waals surface area contributed by atoms with Gasteiger partial charge in [-0.3, -0.25) is 14.2 Å². The largest absolute Gasteiger partial charge is 0.462 e. The Morgan fingerprint density at radius 1 is 1.45 bits per heavy atom. The average molecular weight is 276 g/mol. The van der Waals surface area contributed by atoms with E-state index in [9.17, 15) is 14.4 Å². The third-order valence-corrected chi connectivity index (χ3v) is 3.63. The number of carbonyl (C=O) groups is 2. The predicted octanol–water partition coefficient (Wildman–Crippen LogP) is 1.04. The highest BCUT2D eigenvalue weighted by Crippen LogP contribution is 2.36. The summed E-state index contributed by atoms with van der Waals surface area (Å²) < 4.78 is 6.48. The van der Waals surface area contributed by atoms with Gasteiger partial charge in [0.2, 0.25) is 0 Å². The van der Waals surface area contributed by atoms with E-state index < -0.39 is 5.97 Å². The van der Waals surface area contributed by atoms with Crippen molar-refractivity contribution in [3.8, 4) is 0 Å². The zero-order chi connectivity index (χ0) is 14.3. The molecule has 6 heteroatoms. The molecular formula is C14H16N2O4. The maximum atomic E-state index is 12.4. The maximum absolute atomic E-state index is 12.4. The Balaban J connectivity index is 2.17. The molecule has 106 valence electrons. The van der Waals surface area contributed by atoms with Gasteiger partial charge in [0.15, 0.2) is 5.78 Å². The number of pyridine rings is 1. The molecule has 0 aromatic carbocycles. The molecule has 1 N–H and O–H groups in total. The molecule has 1 aliphatic heterocycles. The van der Waals surface area contributed by atoms with Crippen LogP contribution in [0.25, 0.3) is 0 Å². The predicted molar refractivity (Wildman–Crippen MR) is 72.2 cm³/mol. The Labute approximate surface area is 115 Å². The summed E-state index contributed by atoms with van der Waals surface area (Å²) in [4.78, 5) is 36.5. The summed E-state index contributed by atoms with van der Waals surface area (Å²) in [5, 5.41) is 3.04.